The largest absolute Gasteiger partial charge is 0.412 e. The number of hydrogen-bond acceptors (Lipinski definition) is 6. The maximum Gasteiger partial charge on any atom is 0.318 e. The molecule has 0 radical (unpaired) electrons. The third-order valence-corrected chi connectivity index (χ3v) is 4.50. The molecule has 8 nitrogen and oxygen atoms in total. The number of esters is 1. The normalized spacial score (nSPS) is 25.9. The second kappa shape index (κ2) is 5.36. The van der Waals surface area contributed by atoms with Gasteiger partial charge in [0.05, 0.1) is 15.8 Å². The maximum absolute atomic E-state index is 12.2. The van der Waals surface area contributed by atoms with Gasteiger partial charge in [-0.3, -0.25) is 25.0 Å². The van der Waals surface area contributed by atoms with Crippen molar-refractivity contribution in [2.75, 3.05) is 0 Å². The lowest BCUT2D eigenvalue weighted by molar-refractivity contribution is -0.395. The van der Waals surface area contributed by atoms with Crippen LogP contribution in [0.15, 0.2) is 18.2 Å². The van der Waals surface area contributed by atoms with E-state index in [1.807, 2.05) is 0 Å². The third-order valence-electron chi connectivity index (χ3n) is 4.50. The minimum absolute atomic E-state index is 0.267. The van der Waals surface area contributed by atoms with E-state index >= 15 is 0 Å². The molecule has 2 aliphatic carbocycles. The molecule has 2 unspecified atom stereocenters. The fraction of sp³-hybridized carbons (Fsp3) is 0.500. The Bertz CT molecular complexity index is 614. The van der Waals surface area contributed by atoms with Gasteiger partial charge < -0.3 is 4.74 Å². The Labute approximate surface area is 125 Å². The van der Waals surface area contributed by atoms with Gasteiger partial charge in [-0.15, -0.1) is 0 Å². The standard InChI is InChI=1S/C14H14N2O6/c17-14(12-8-4-1-2-5-9(8)12)22-13-10(15(18)19)6-3-7-11(13)16(20)21/h3,6-9,12H,1-2,4-5H2. The Kier molecular flexibility index (Phi) is 3.51. The van der Waals surface area contributed by atoms with E-state index < -0.39 is 32.9 Å². The van der Waals surface area contributed by atoms with Crippen LogP contribution in [0.1, 0.15) is 25.7 Å². The third kappa shape index (κ3) is 2.40. The summed E-state index contributed by atoms with van der Waals surface area (Å²) in [6.07, 6.45) is 4.03. The topological polar surface area (TPSA) is 113 Å². The second-order valence-corrected chi connectivity index (χ2v) is 5.70. The smallest absolute Gasteiger partial charge is 0.318 e. The molecule has 8 heteroatoms. The molecule has 3 rings (SSSR count). The van der Waals surface area contributed by atoms with E-state index in [9.17, 15) is 25.0 Å². The molecule has 0 bridgehead atoms. The van der Waals surface area contributed by atoms with E-state index in [1.54, 1.807) is 0 Å². The number of nitro benzene ring substituents is 2. The highest BCUT2D eigenvalue weighted by molar-refractivity contribution is 5.81. The summed E-state index contributed by atoms with van der Waals surface area (Å²) in [6, 6.07) is 3.38. The van der Waals surface area contributed by atoms with E-state index in [2.05, 4.69) is 0 Å². The fourth-order valence-electron chi connectivity index (χ4n) is 3.42. The molecular formula is C14H14N2O6. The van der Waals surface area contributed by atoms with Crippen molar-refractivity contribution in [3.05, 3.63) is 38.4 Å². The Morgan fingerprint density at radius 1 is 1.05 bits per heavy atom. The van der Waals surface area contributed by atoms with Gasteiger partial charge in [-0.25, -0.2) is 0 Å². The van der Waals surface area contributed by atoms with Crippen LogP contribution in [0, 0.1) is 38.0 Å². The van der Waals surface area contributed by atoms with E-state index in [0.717, 1.165) is 37.8 Å². The number of carbonyl (C=O) groups is 1. The summed E-state index contributed by atoms with van der Waals surface area (Å²) in [5, 5.41) is 22.0. The van der Waals surface area contributed by atoms with Crippen molar-refractivity contribution in [2.24, 2.45) is 17.8 Å². The van der Waals surface area contributed by atoms with Crippen LogP contribution in [0.2, 0.25) is 0 Å². The first-order chi connectivity index (χ1) is 10.5. The first-order valence-corrected chi connectivity index (χ1v) is 7.14. The van der Waals surface area contributed by atoms with Crippen LogP contribution < -0.4 is 4.74 Å². The van der Waals surface area contributed by atoms with Crippen molar-refractivity contribution in [3.63, 3.8) is 0 Å². The van der Waals surface area contributed by atoms with Crippen molar-refractivity contribution in [2.45, 2.75) is 25.7 Å². The summed E-state index contributed by atoms with van der Waals surface area (Å²) in [5.74, 6) is -0.895. The highest BCUT2D eigenvalue weighted by Crippen LogP contribution is 2.56. The number of ether oxygens (including phenoxy) is 1. The van der Waals surface area contributed by atoms with Crippen molar-refractivity contribution >= 4 is 17.3 Å². The van der Waals surface area contributed by atoms with E-state index in [-0.39, 0.29) is 17.8 Å². The molecule has 0 amide bonds. The van der Waals surface area contributed by atoms with Gasteiger partial charge in [0.25, 0.3) is 5.75 Å². The Morgan fingerprint density at radius 3 is 2.00 bits per heavy atom. The average Bonchev–Trinajstić information content (AvgIpc) is 3.21. The number of carbonyl (C=O) groups excluding carboxylic acids is 1. The monoisotopic (exact) mass is 306 g/mol. The zero-order chi connectivity index (χ0) is 15.9. The van der Waals surface area contributed by atoms with E-state index in [4.69, 9.17) is 4.74 Å². The number of nitrogens with zero attached hydrogens (tertiary/aromatic N) is 2. The van der Waals surface area contributed by atoms with Crippen molar-refractivity contribution in [1.29, 1.82) is 0 Å². The quantitative estimate of drug-likeness (QED) is 0.366. The number of rotatable bonds is 4. The van der Waals surface area contributed by atoms with Gasteiger partial charge in [-0.05, 0) is 30.7 Å². The zero-order valence-corrected chi connectivity index (χ0v) is 11.6. The second-order valence-electron chi connectivity index (χ2n) is 5.70. The number of hydrogen-bond donors (Lipinski definition) is 0. The SMILES string of the molecule is O=C(Oc1c([N+](=O)[O-])cccc1[N+](=O)[O-])C1C2CCCCC21. The first kappa shape index (κ1) is 14.4. The fourth-order valence-corrected chi connectivity index (χ4v) is 3.42. The van der Waals surface area contributed by atoms with Gasteiger partial charge in [0.15, 0.2) is 0 Å². The highest BCUT2D eigenvalue weighted by Gasteiger charge is 2.56. The maximum atomic E-state index is 12.2. The Hall–Kier alpha value is -2.51. The lowest BCUT2D eigenvalue weighted by Gasteiger charge is -2.05. The molecule has 116 valence electrons. The van der Waals surface area contributed by atoms with Gasteiger partial charge >= 0.3 is 17.3 Å². The molecule has 1 aromatic carbocycles. The van der Waals surface area contributed by atoms with Crippen molar-refractivity contribution in [3.8, 4) is 5.75 Å². The predicted octanol–water partition coefficient (Wildman–Crippen LogP) is 2.84. The molecule has 1 aromatic rings. The molecule has 2 aliphatic rings. The summed E-state index contributed by atoms with van der Waals surface area (Å²) >= 11 is 0. The summed E-state index contributed by atoms with van der Waals surface area (Å²) < 4.78 is 5.09. The van der Waals surface area contributed by atoms with Crippen molar-refractivity contribution < 1.29 is 19.4 Å². The van der Waals surface area contributed by atoms with Gasteiger partial charge in [-0.1, -0.05) is 12.8 Å². The molecule has 0 spiro atoms. The van der Waals surface area contributed by atoms with Gasteiger partial charge in [0, 0.05) is 12.1 Å². The van der Waals surface area contributed by atoms with Crippen LogP contribution in [0.25, 0.3) is 0 Å². The molecule has 22 heavy (non-hydrogen) atoms. The molecular weight excluding hydrogens is 292 g/mol. The Morgan fingerprint density at radius 2 is 1.55 bits per heavy atom. The minimum Gasteiger partial charge on any atom is -0.412 e. The number of nitro groups is 2. The average molecular weight is 306 g/mol. The van der Waals surface area contributed by atoms with Crippen LogP contribution >= 0.6 is 0 Å². The molecule has 0 aromatic heterocycles. The van der Waals surface area contributed by atoms with Gasteiger partial charge in [-0.2, -0.15) is 0 Å². The summed E-state index contributed by atoms with van der Waals surface area (Å²) in [6.45, 7) is 0. The number of fused-ring (bicyclic) bond motifs is 1. The number of benzene rings is 1. The molecule has 0 N–H and O–H groups in total. The first-order valence-electron chi connectivity index (χ1n) is 7.14. The van der Waals surface area contributed by atoms with Crippen LogP contribution in [0.4, 0.5) is 11.4 Å². The molecule has 0 heterocycles. The molecule has 0 aliphatic heterocycles. The van der Waals surface area contributed by atoms with Crippen LogP contribution in [-0.2, 0) is 4.79 Å². The van der Waals surface area contributed by atoms with E-state index in [0.29, 0.717) is 0 Å². The Balaban J connectivity index is 1.86. The van der Waals surface area contributed by atoms with Crippen molar-refractivity contribution in [1.82, 2.24) is 0 Å². The molecule has 0 saturated heterocycles. The zero-order valence-electron chi connectivity index (χ0n) is 11.6. The molecule has 2 saturated carbocycles. The summed E-state index contributed by atoms with van der Waals surface area (Å²) in [5.41, 5.74) is -1.13. The molecule has 2 fully saturated rings. The van der Waals surface area contributed by atoms with Gasteiger partial charge in [0.1, 0.15) is 0 Å². The highest BCUT2D eigenvalue weighted by atomic mass is 16.6. The number of para-hydroxylation sites is 1. The minimum atomic E-state index is -0.782. The summed E-state index contributed by atoms with van der Waals surface area (Å²) in [4.78, 5) is 32.7. The van der Waals surface area contributed by atoms with Crippen LogP contribution in [0.5, 0.6) is 5.75 Å². The lowest BCUT2D eigenvalue weighted by atomic mass is 10.0. The van der Waals surface area contributed by atoms with Crippen LogP contribution in [-0.4, -0.2) is 15.8 Å². The van der Waals surface area contributed by atoms with E-state index in [1.165, 1.54) is 6.07 Å². The molecule has 2 atom stereocenters. The lowest BCUT2D eigenvalue weighted by Crippen LogP contribution is -2.14. The summed E-state index contributed by atoms with van der Waals surface area (Å²) in [7, 11) is 0. The van der Waals surface area contributed by atoms with Crippen LogP contribution in [0.3, 0.4) is 0 Å². The predicted molar refractivity (Wildman–Crippen MR) is 74.3 cm³/mol. The van der Waals surface area contributed by atoms with Gasteiger partial charge in [0.2, 0.25) is 0 Å².